The van der Waals surface area contributed by atoms with Crippen LogP contribution < -0.4 is 10.5 Å². The number of hydrogen-bond donors (Lipinski definition) is 1. The van der Waals surface area contributed by atoms with Crippen molar-refractivity contribution in [3.05, 3.63) is 38.9 Å². The maximum Gasteiger partial charge on any atom is 0.410 e. The molecule has 0 saturated carbocycles. The molecule has 0 radical (unpaired) electrons. The van der Waals surface area contributed by atoms with E-state index in [0.29, 0.717) is 37.4 Å². The molecule has 1 aromatic carbocycles. The van der Waals surface area contributed by atoms with E-state index < -0.39 is 22.2 Å². The first-order valence-electron chi connectivity index (χ1n) is 8.54. The van der Waals surface area contributed by atoms with Gasteiger partial charge in [0.15, 0.2) is 0 Å². The van der Waals surface area contributed by atoms with Crippen LogP contribution in [0.3, 0.4) is 0 Å². The molecule has 2 aromatic rings. The van der Waals surface area contributed by atoms with E-state index in [1.54, 1.807) is 31.7 Å². The zero-order valence-corrected chi connectivity index (χ0v) is 15.4. The molecule has 0 unspecified atom stereocenters. The van der Waals surface area contributed by atoms with Crippen LogP contribution in [0.5, 0.6) is 0 Å². The van der Waals surface area contributed by atoms with Crippen LogP contribution in [0.2, 0.25) is 0 Å². The van der Waals surface area contributed by atoms with E-state index in [9.17, 15) is 19.7 Å². The summed E-state index contributed by atoms with van der Waals surface area (Å²) in [5.74, 6) is 0. The molecule has 0 bridgehead atoms. The third kappa shape index (κ3) is 3.99. The van der Waals surface area contributed by atoms with Gasteiger partial charge in [-0.25, -0.2) is 9.78 Å². The molecule has 0 spiro atoms. The van der Waals surface area contributed by atoms with Gasteiger partial charge in [-0.15, -0.1) is 0 Å². The number of amides is 1. The summed E-state index contributed by atoms with van der Waals surface area (Å²) >= 11 is 0. The number of benzene rings is 1. The number of nitro groups is 1. The summed E-state index contributed by atoms with van der Waals surface area (Å²) in [7, 11) is 0. The molecule has 1 amide bonds. The molecule has 10 heteroatoms. The van der Waals surface area contributed by atoms with Gasteiger partial charge in [0.25, 0.3) is 11.2 Å². The van der Waals surface area contributed by atoms with Crippen molar-refractivity contribution in [1.29, 1.82) is 0 Å². The number of hydrogen-bond acceptors (Lipinski definition) is 7. The quantitative estimate of drug-likeness (QED) is 0.628. The molecule has 1 aliphatic heterocycles. The molecule has 27 heavy (non-hydrogen) atoms. The number of fused-ring (bicyclic) bond motifs is 1. The molecule has 1 aliphatic rings. The average molecular weight is 375 g/mol. The van der Waals surface area contributed by atoms with Crippen molar-refractivity contribution >= 4 is 28.4 Å². The maximum absolute atomic E-state index is 12.2. The van der Waals surface area contributed by atoms with Crippen molar-refractivity contribution in [2.24, 2.45) is 0 Å². The average Bonchev–Trinajstić information content (AvgIpc) is 2.59. The van der Waals surface area contributed by atoms with Crippen molar-refractivity contribution in [1.82, 2.24) is 14.9 Å². The Hall–Kier alpha value is -3.17. The Labute approximate surface area is 154 Å². The summed E-state index contributed by atoms with van der Waals surface area (Å²) in [5.41, 5.74) is -0.399. The Morgan fingerprint density at radius 2 is 1.93 bits per heavy atom. The largest absolute Gasteiger partial charge is 0.444 e. The topological polar surface area (TPSA) is 122 Å². The number of ether oxygens (including phenoxy) is 1. The van der Waals surface area contributed by atoms with Crippen LogP contribution in [0, 0.1) is 10.1 Å². The Morgan fingerprint density at radius 3 is 2.52 bits per heavy atom. The summed E-state index contributed by atoms with van der Waals surface area (Å²) in [4.78, 5) is 45.0. The SMILES string of the molecule is CC(C)(C)OC(=O)N1CCN(c2cc3nc[nH]c(=O)c3cc2[N+](=O)[O-])CC1. The fourth-order valence-corrected chi connectivity index (χ4v) is 2.95. The highest BCUT2D eigenvalue weighted by Crippen LogP contribution is 2.32. The van der Waals surface area contributed by atoms with Gasteiger partial charge in [0.05, 0.1) is 22.2 Å². The lowest BCUT2D eigenvalue weighted by Crippen LogP contribution is -2.50. The van der Waals surface area contributed by atoms with E-state index >= 15 is 0 Å². The van der Waals surface area contributed by atoms with Crippen LogP contribution in [0.4, 0.5) is 16.2 Å². The standard InChI is InChI=1S/C17H21N5O5/c1-17(2,3)27-16(24)21-6-4-20(5-7-21)13-9-12-11(8-14(13)22(25)26)15(23)19-10-18-12/h8-10H,4-7H2,1-3H3,(H,18,19,23). The van der Waals surface area contributed by atoms with Crippen molar-refractivity contribution < 1.29 is 14.5 Å². The first-order valence-corrected chi connectivity index (χ1v) is 8.54. The summed E-state index contributed by atoms with van der Waals surface area (Å²) < 4.78 is 5.36. The lowest BCUT2D eigenvalue weighted by atomic mass is 10.1. The molecular formula is C17H21N5O5. The fourth-order valence-electron chi connectivity index (χ4n) is 2.95. The molecule has 0 atom stereocenters. The number of nitro benzene ring substituents is 1. The molecule has 10 nitrogen and oxygen atoms in total. The van der Waals surface area contributed by atoms with Crippen LogP contribution in [0.25, 0.3) is 10.9 Å². The van der Waals surface area contributed by atoms with E-state index in [4.69, 9.17) is 4.74 Å². The van der Waals surface area contributed by atoms with Crippen molar-refractivity contribution in [2.45, 2.75) is 26.4 Å². The number of piperazine rings is 1. The number of carbonyl (C=O) groups excluding carboxylic acids is 1. The Balaban J connectivity index is 1.84. The number of nitrogens with zero attached hydrogens (tertiary/aromatic N) is 4. The van der Waals surface area contributed by atoms with Crippen LogP contribution in [0.15, 0.2) is 23.3 Å². The second kappa shape index (κ2) is 6.86. The zero-order chi connectivity index (χ0) is 19.8. The van der Waals surface area contributed by atoms with Crippen molar-refractivity contribution in [3.8, 4) is 0 Å². The van der Waals surface area contributed by atoms with E-state index in [0.717, 1.165) is 0 Å². The number of H-pyrrole nitrogens is 1. The number of aromatic amines is 1. The molecule has 0 aliphatic carbocycles. The molecular weight excluding hydrogens is 354 g/mol. The Morgan fingerprint density at radius 1 is 1.26 bits per heavy atom. The summed E-state index contributed by atoms with van der Waals surface area (Å²) in [6, 6.07) is 2.79. The van der Waals surface area contributed by atoms with E-state index in [2.05, 4.69) is 9.97 Å². The summed E-state index contributed by atoms with van der Waals surface area (Å²) in [6.07, 6.45) is 0.865. The lowest BCUT2D eigenvalue weighted by molar-refractivity contribution is -0.384. The second-order valence-electron chi connectivity index (χ2n) is 7.30. The summed E-state index contributed by atoms with van der Waals surface area (Å²) in [5, 5.41) is 11.7. The lowest BCUT2D eigenvalue weighted by Gasteiger charge is -2.36. The zero-order valence-electron chi connectivity index (χ0n) is 15.4. The number of carbonyl (C=O) groups is 1. The Kier molecular flexibility index (Phi) is 4.73. The highest BCUT2D eigenvalue weighted by Gasteiger charge is 2.29. The predicted molar refractivity (Wildman–Crippen MR) is 99.0 cm³/mol. The van der Waals surface area contributed by atoms with Crippen LogP contribution in [-0.2, 0) is 4.74 Å². The highest BCUT2D eigenvalue weighted by atomic mass is 16.6. The molecule has 1 N–H and O–H groups in total. The molecule has 144 valence electrons. The first-order chi connectivity index (χ1) is 12.7. The van der Waals surface area contributed by atoms with Crippen molar-refractivity contribution in [2.75, 3.05) is 31.1 Å². The van der Waals surface area contributed by atoms with Gasteiger partial charge in [0, 0.05) is 32.2 Å². The minimum absolute atomic E-state index is 0.160. The van der Waals surface area contributed by atoms with Gasteiger partial charge in [0.1, 0.15) is 11.3 Å². The van der Waals surface area contributed by atoms with Crippen LogP contribution in [-0.4, -0.2) is 57.7 Å². The van der Waals surface area contributed by atoms with Gasteiger partial charge in [-0.05, 0) is 26.8 Å². The number of rotatable bonds is 2. The molecule has 3 rings (SSSR count). The van der Waals surface area contributed by atoms with Crippen molar-refractivity contribution in [3.63, 3.8) is 0 Å². The third-order valence-electron chi connectivity index (χ3n) is 4.21. The van der Waals surface area contributed by atoms with Gasteiger partial charge < -0.3 is 19.5 Å². The smallest absolute Gasteiger partial charge is 0.410 e. The second-order valence-corrected chi connectivity index (χ2v) is 7.30. The highest BCUT2D eigenvalue weighted by molar-refractivity contribution is 5.87. The number of aromatic nitrogens is 2. The van der Waals surface area contributed by atoms with Gasteiger partial charge in [0.2, 0.25) is 0 Å². The first kappa shape index (κ1) is 18.6. The van der Waals surface area contributed by atoms with Gasteiger partial charge >= 0.3 is 6.09 Å². The normalized spacial score (nSPS) is 15.1. The minimum atomic E-state index is -0.579. The molecule has 2 heterocycles. The van der Waals surface area contributed by atoms with E-state index in [1.165, 1.54) is 12.4 Å². The molecule has 1 fully saturated rings. The van der Waals surface area contributed by atoms with Gasteiger partial charge in [-0.2, -0.15) is 0 Å². The van der Waals surface area contributed by atoms with Crippen LogP contribution >= 0.6 is 0 Å². The van der Waals surface area contributed by atoms with E-state index in [-0.39, 0.29) is 11.1 Å². The van der Waals surface area contributed by atoms with Gasteiger partial charge in [-0.3, -0.25) is 14.9 Å². The minimum Gasteiger partial charge on any atom is -0.444 e. The number of nitrogens with one attached hydrogen (secondary N) is 1. The maximum atomic E-state index is 12.2. The Bertz CT molecular complexity index is 941. The summed E-state index contributed by atoms with van der Waals surface area (Å²) in [6.45, 7) is 6.99. The third-order valence-corrected chi connectivity index (χ3v) is 4.21. The van der Waals surface area contributed by atoms with Gasteiger partial charge in [-0.1, -0.05) is 0 Å². The number of anilines is 1. The predicted octanol–water partition coefficient (Wildman–Crippen LogP) is 1.89. The molecule has 1 saturated heterocycles. The molecule has 1 aromatic heterocycles. The van der Waals surface area contributed by atoms with E-state index in [1.807, 2.05) is 4.90 Å². The fraction of sp³-hybridized carbons (Fsp3) is 0.471. The van der Waals surface area contributed by atoms with Crippen LogP contribution in [0.1, 0.15) is 20.8 Å². The monoisotopic (exact) mass is 375 g/mol.